The Bertz CT molecular complexity index is 762. The van der Waals surface area contributed by atoms with Crippen LogP contribution in [0.25, 0.3) is 0 Å². The zero-order chi connectivity index (χ0) is 17.1. The Labute approximate surface area is 141 Å². The number of piperidine rings is 1. The van der Waals surface area contributed by atoms with Crippen LogP contribution >= 0.6 is 0 Å². The molecule has 0 atom stereocenters. The summed E-state index contributed by atoms with van der Waals surface area (Å²) in [7, 11) is 2.05. The third-order valence-corrected chi connectivity index (χ3v) is 4.54. The number of anilines is 2. The van der Waals surface area contributed by atoms with E-state index in [1.165, 1.54) is 12.1 Å². The number of nitrogens with zero attached hydrogens (tertiary/aromatic N) is 5. The van der Waals surface area contributed by atoms with Gasteiger partial charge in [-0.1, -0.05) is 0 Å². The molecule has 2 aromatic rings. The van der Waals surface area contributed by atoms with E-state index in [-0.39, 0.29) is 5.82 Å². The first-order valence-corrected chi connectivity index (χ1v) is 8.04. The van der Waals surface area contributed by atoms with E-state index in [1.54, 1.807) is 12.4 Å². The molecule has 0 saturated carbocycles. The molecule has 6 heteroatoms. The highest BCUT2D eigenvalue weighted by molar-refractivity contribution is 5.52. The Morgan fingerprint density at radius 2 is 1.96 bits per heavy atom. The van der Waals surface area contributed by atoms with Crippen LogP contribution in [0.2, 0.25) is 0 Å². The van der Waals surface area contributed by atoms with Gasteiger partial charge in [-0.05, 0) is 38.0 Å². The van der Waals surface area contributed by atoms with Gasteiger partial charge in [0.05, 0.1) is 11.6 Å². The Kier molecular flexibility index (Phi) is 4.61. The molecule has 0 unspecified atom stereocenters. The number of rotatable bonds is 3. The summed E-state index contributed by atoms with van der Waals surface area (Å²) in [5, 5.41) is 8.99. The zero-order valence-electron chi connectivity index (χ0n) is 13.9. The molecule has 2 heterocycles. The number of halogens is 1. The normalized spacial score (nSPS) is 15.2. The fourth-order valence-corrected chi connectivity index (χ4v) is 3.15. The minimum Gasteiger partial charge on any atom is -0.371 e. The van der Waals surface area contributed by atoms with Crippen LogP contribution in [0.3, 0.4) is 0 Å². The predicted molar refractivity (Wildman–Crippen MR) is 91.5 cm³/mol. The van der Waals surface area contributed by atoms with E-state index in [0.717, 1.165) is 43.1 Å². The van der Waals surface area contributed by atoms with Crippen molar-refractivity contribution in [2.45, 2.75) is 25.8 Å². The van der Waals surface area contributed by atoms with Gasteiger partial charge >= 0.3 is 0 Å². The van der Waals surface area contributed by atoms with Gasteiger partial charge in [-0.15, -0.1) is 0 Å². The van der Waals surface area contributed by atoms with Crippen molar-refractivity contribution in [3.8, 4) is 6.07 Å². The minimum atomic E-state index is -0.361. The lowest BCUT2D eigenvalue weighted by atomic mass is 10.0. The molecule has 1 aromatic heterocycles. The van der Waals surface area contributed by atoms with Gasteiger partial charge in [0.1, 0.15) is 18.0 Å². The summed E-state index contributed by atoms with van der Waals surface area (Å²) < 4.78 is 13.6. The van der Waals surface area contributed by atoms with Crippen LogP contribution in [-0.2, 0) is 0 Å². The molecule has 1 fully saturated rings. The molecule has 24 heavy (non-hydrogen) atoms. The van der Waals surface area contributed by atoms with Crippen molar-refractivity contribution in [1.82, 2.24) is 9.97 Å². The van der Waals surface area contributed by atoms with Crippen molar-refractivity contribution in [2.24, 2.45) is 0 Å². The monoisotopic (exact) mass is 325 g/mol. The van der Waals surface area contributed by atoms with E-state index in [4.69, 9.17) is 5.26 Å². The summed E-state index contributed by atoms with van der Waals surface area (Å²) in [5.41, 5.74) is 2.10. The third-order valence-electron chi connectivity index (χ3n) is 4.54. The summed E-state index contributed by atoms with van der Waals surface area (Å²) in [6.07, 6.45) is 3.50. The second-order valence-electron chi connectivity index (χ2n) is 6.16. The van der Waals surface area contributed by atoms with Crippen molar-refractivity contribution in [1.29, 1.82) is 5.26 Å². The Morgan fingerprint density at radius 1 is 1.21 bits per heavy atom. The van der Waals surface area contributed by atoms with Crippen molar-refractivity contribution < 1.29 is 4.39 Å². The fourth-order valence-electron chi connectivity index (χ4n) is 3.15. The quantitative estimate of drug-likeness (QED) is 0.868. The lowest BCUT2D eigenvalue weighted by molar-refractivity contribution is 0.479. The van der Waals surface area contributed by atoms with Crippen LogP contribution in [0.15, 0.2) is 30.6 Å². The largest absolute Gasteiger partial charge is 0.371 e. The summed E-state index contributed by atoms with van der Waals surface area (Å²) in [4.78, 5) is 12.8. The van der Waals surface area contributed by atoms with Crippen LogP contribution in [0.1, 0.15) is 24.1 Å². The van der Waals surface area contributed by atoms with Crippen LogP contribution in [0, 0.1) is 24.1 Å². The smallest absolute Gasteiger partial charge is 0.132 e. The standard InChI is InChI=1S/C18H20FN5/c1-13-7-18(22-12-21-13)23(2)16-3-5-24(6-4-16)17-9-14(11-20)8-15(19)10-17/h7-10,12,16H,3-6H2,1-2H3. The molecule has 124 valence electrons. The van der Waals surface area contributed by atoms with E-state index in [0.29, 0.717) is 11.6 Å². The summed E-state index contributed by atoms with van der Waals surface area (Å²) in [5.74, 6) is 0.568. The van der Waals surface area contributed by atoms with E-state index in [1.807, 2.05) is 19.1 Å². The van der Waals surface area contributed by atoms with Gasteiger partial charge in [0, 0.05) is 43.6 Å². The van der Waals surface area contributed by atoms with Crippen LogP contribution in [0.5, 0.6) is 0 Å². The van der Waals surface area contributed by atoms with Gasteiger partial charge in [0.25, 0.3) is 0 Å². The van der Waals surface area contributed by atoms with Crippen LogP contribution in [-0.4, -0.2) is 36.1 Å². The molecule has 0 bridgehead atoms. The summed E-state index contributed by atoms with van der Waals surface area (Å²) >= 11 is 0. The van der Waals surface area contributed by atoms with Gasteiger partial charge in [0.2, 0.25) is 0 Å². The number of nitriles is 1. The number of hydrogen-bond acceptors (Lipinski definition) is 5. The third kappa shape index (κ3) is 3.46. The molecule has 1 aliphatic rings. The van der Waals surface area contributed by atoms with Crippen LogP contribution < -0.4 is 9.80 Å². The molecular formula is C18H20FN5. The number of aryl methyl sites for hydroxylation is 1. The molecule has 1 aromatic carbocycles. The van der Waals surface area contributed by atoms with Crippen molar-refractivity contribution >= 4 is 11.5 Å². The van der Waals surface area contributed by atoms with E-state index in [9.17, 15) is 4.39 Å². The second-order valence-corrected chi connectivity index (χ2v) is 6.16. The highest BCUT2D eigenvalue weighted by atomic mass is 19.1. The maximum atomic E-state index is 13.6. The number of aromatic nitrogens is 2. The molecule has 1 saturated heterocycles. The number of benzene rings is 1. The molecule has 1 aliphatic heterocycles. The Balaban J connectivity index is 1.68. The molecule has 0 amide bonds. The molecule has 3 rings (SSSR count). The van der Waals surface area contributed by atoms with Gasteiger partial charge < -0.3 is 9.80 Å². The van der Waals surface area contributed by atoms with Crippen molar-refractivity contribution in [2.75, 3.05) is 29.9 Å². The van der Waals surface area contributed by atoms with Gasteiger partial charge in [0.15, 0.2) is 0 Å². The lowest BCUT2D eigenvalue weighted by Gasteiger charge is -2.38. The van der Waals surface area contributed by atoms with E-state index >= 15 is 0 Å². The van der Waals surface area contributed by atoms with Gasteiger partial charge in [-0.25, -0.2) is 14.4 Å². The summed E-state index contributed by atoms with van der Waals surface area (Å²) in [6.45, 7) is 3.61. The van der Waals surface area contributed by atoms with Crippen LogP contribution in [0.4, 0.5) is 15.9 Å². The highest BCUT2D eigenvalue weighted by Crippen LogP contribution is 2.25. The first kappa shape index (κ1) is 16.2. The molecule has 5 nitrogen and oxygen atoms in total. The second kappa shape index (κ2) is 6.83. The maximum absolute atomic E-state index is 13.6. The molecule has 0 radical (unpaired) electrons. The average molecular weight is 325 g/mol. The molecule has 0 spiro atoms. The maximum Gasteiger partial charge on any atom is 0.132 e. The van der Waals surface area contributed by atoms with Crippen molar-refractivity contribution in [3.63, 3.8) is 0 Å². The lowest BCUT2D eigenvalue weighted by Crippen LogP contribution is -2.43. The first-order chi connectivity index (χ1) is 11.6. The average Bonchev–Trinajstić information content (AvgIpc) is 2.60. The Hall–Kier alpha value is -2.68. The fraction of sp³-hybridized carbons (Fsp3) is 0.389. The predicted octanol–water partition coefficient (Wildman–Crippen LogP) is 2.90. The Morgan fingerprint density at radius 3 is 2.62 bits per heavy atom. The van der Waals surface area contributed by atoms with Crippen molar-refractivity contribution in [3.05, 3.63) is 47.7 Å². The zero-order valence-corrected chi connectivity index (χ0v) is 13.9. The molecule has 0 aliphatic carbocycles. The first-order valence-electron chi connectivity index (χ1n) is 8.04. The summed E-state index contributed by atoms with van der Waals surface area (Å²) in [6, 6.07) is 8.90. The molecular weight excluding hydrogens is 305 g/mol. The highest BCUT2D eigenvalue weighted by Gasteiger charge is 2.24. The SMILES string of the molecule is Cc1cc(N(C)C2CCN(c3cc(F)cc(C#N)c3)CC2)ncn1. The van der Waals surface area contributed by atoms with E-state index in [2.05, 4.69) is 26.8 Å². The number of hydrogen-bond donors (Lipinski definition) is 0. The molecule has 0 N–H and O–H groups in total. The minimum absolute atomic E-state index is 0.361. The topological polar surface area (TPSA) is 56.0 Å². The van der Waals surface area contributed by atoms with E-state index < -0.39 is 0 Å². The van der Waals surface area contributed by atoms with Gasteiger partial charge in [-0.2, -0.15) is 5.26 Å². The van der Waals surface area contributed by atoms with Gasteiger partial charge in [-0.3, -0.25) is 0 Å².